The highest BCUT2D eigenvalue weighted by Gasteiger charge is 2.54. The molecule has 0 saturated heterocycles. The zero-order chi connectivity index (χ0) is 30.0. The predicted octanol–water partition coefficient (Wildman–Crippen LogP) is 7.62. The molecule has 210 valence electrons. The van der Waals surface area contributed by atoms with Crippen molar-refractivity contribution in [3.63, 3.8) is 0 Å². The molecule has 11 rings (SSSR count). The Bertz CT molecular complexity index is 2620. The molecule has 3 aliphatic rings. The number of nitrogens with zero attached hydrogens (tertiary/aromatic N) is 2. The monoisotopic (exact) mass is 580 g/mol. The zero-order valence-corrected chi connectivity index (χ0v) is 24.9. The third kappa shape index (κ3) is 2.85. The van der Waals surface area contributed by atoms with Gasteiger partial charge < -0.3 is 0 Å². The van der Waals surface area contributed by atoms with Crippen LogP contribution >= 0.6 is 0 Å². The molecule has 2 aromatic heterocycles. The summed E-state index contributed by atoms with van der Waals surface area (Å²) >= 11 is 0. The third-order valence-electron chi connectivity index (χ3n) is 10.9. The number of rotatable bonds is 1. The molecule has 0 bridgehead atoms. The van der Waals surface area contributed by atoms with Gasteiger partial charge in [-0.3, -0.25) is 9.97 Å². The molecule has 0 amide bonds. The molecule has 0 fully saturated rings. The largest absolute Gasteiger partial charge is 0.254 e. The van der Waals surface area contributed by atoms with Crippen LogP contribution in [0.4, 0.5) is 0 Å². The minimum absolute atomic E-state index is 0.242. The zero-order valence-electron chi connectivity index (χ0n) is 24.9. The number of aromatic nitrogens is 2. The van der Waals surface area contributed by atoms with E-state index in [4.69, 9.17) is 9.97 Å². The van der Waals surface area contributed by atoms with Crippen LogP contribution in [0.15, 0.2) is 152 Å². The Hall–Kier alpha value is -5.80. The van der Waals surface area contributed by atoms with Gasteiger partial charge in [0.25, 0.3) is 0 Å². The van der Waals surface area contributed by atoms with Crippen LogP contribution in [-0.2, 0) is 5.41 Å². The van der Waals surface area contributed by atoms with E-state index >= 15 is 0 Å². The SMILES string of the molecule is c1ccc2c(c1)B1c3ccccc3C3(c4ccccc4-c4cc(-c5ccnc6c5ccc5cccnc56)ccc43)c3cccc-2c31. The minimum atomic E-state index is -0.397. The second-order valence-electron chi connectivity index (χ2n) is 12.8. The first-order valence-electron chi connectivity index (χ1n) is 16.0. The fourth-order valence-electron chi connectivity index (χ4n) is 9.18. The maximum Gasteiger partial charge on any atom is 0.243 e. The summed E-state index contributed by atoms with van der Waals surface area (Å²) < 4.78 is 0. The summed E-state index contributed by atoms with van der Waals surface area (Å²) in [6.45, 7) is 0.242. The number of hydrogen-bond donors (Lipinski definition) is 0. The Morgan fingerprint density at radius 3 is 2.11 bits per heavy atom. The van der Waals surface area contributed by atoms with Gasteiger partial charge in [-0.1, -0.05) is 138 Å². The number of pyridine rings is 2. The summed E-state index contributed by atoms with van der Waals surface area (Å²) in [5, 5.41) is 2.23. The normalized spacial score (nSPS) is 16.3. The van der Waals surface area contributed by atoms with Gasteiger partial charge in [-0.05, 0) is 73.8 Å². The van der Waals surface area contributed by atoms with Crippen molar-refractivity contribution < 1.29 is 0 Å². The van der Waals surface area contributed by atoms with E-state index in [0.29, 0.717) is 0 Å². The van der Waals surface area contributed by atoms with Gasteiger partial charge in [-0.25, -0.2) is 0 Å². The topological polar surface area (TPSA) is 25.8 Å². The van der Waals surface area contributed by atoms with E-state index in [-0.39, 0.29) is 6.71 Å². The molecule has 1 unspecified atom stereocenters. The van der Waals surface area contributed by atoms with E-state index in [9.17, 15) is 0 Å². The molecule has 1 spiro atoms. The average molecular weight is 580 g/mol. The summed E-state index contributed by atoms with van der Waals surface area (Å²) in [7, 11) is 0. The molecule has 4 heterocycles. The van der Waals surface area contributed by atoms with Crippen molar-refractivity contribution in [1.29, 1.82) is 0 Å². The Balaban J connectivity index is 1.22. The van der Waals surface area contributed by atoms with Gasteiger partial charge in [0.2, 0.25) is 6.71 Å². The fourth-order valence-corrected chi connectivity index (χ4v) is 9.18. The van der Waals surface area contributed by atoms with Crippen molar-refractivity contribution in [3.05, 3.63) is 174 Å². The second kappa shape index (κ2) is 8.68. The van der Waals surface area contributed by atoms with Crippen LogP contribution in [0.5, 0.6) is 0 Å². The van der Waals surface area contributed by atoms with Crippen molar-refractivity contribution in [3.8, 4) is 33.4 Å². The van der Waals surface area contributed by atoms with E-state index in [1.54, 1.807) is 0 Å². The summed E-state index contributed by atoms with van der Waals surface area (Å²) in [5.41, 5.74) is 19.1. The third-order valence-corrected chi connectivity index (χ3v) is 10.9. The minimum Gasteiger partial charge on any atom is -0.254 e. The molecule has 3 heteroatoms. The Morgan fingerprint density at radius 1 is 0.435 bits per heavy atom. The van der Waals surface area contributed by atoms with Crippen molar-refractivity contribution in [2.45, 2.75) is 5.41 Å². The van der Waals surface area contributed by atoms with E-state index in [0.717, 1.165) is 21.8 Å². The Kier molecular flexibility index (Phi) is 4.63. The Morgan fingerprint density at radius 2 is 1.17 bits per heavy atom. The van der Waals surface area contributed by atoms with Gasteiger partial charge in [-0.15, -0.1) is 0 Å². The summed E-state index contributed by atoms with van der Waals surface area (Å²) in [5.74, 6) is 0. The quantitative estimate of drug-likeness (QED) is 0.148. The lowest BCUT2D eigenvalue weighted by atomic mass is 9.32. The fraction of sp³-hybridized carbons (Fsp3) is 0.0233. The first-order valence-corrected chi connectivity index (χ1v) is 16.0. The maximum atomic E-state index is 4.80. The molecule has 6 aromatic carbocycles. The maximum absolute atomic E-state index is 4.80. The molecular weight excluding hydrogens is 555 g/mol. The molecule has 2 nitrogen and oxygen atoms in total. The van der Waals surface area contributed by atoms with Crippen LogP contribution in [0.25, 0.3) is 55.2 Å². The van der Waals surface area contributed by atoms with Crippen molar-refractivity contribution in [1.82, 2.24) is 9.97 Å². The van der Waals surface area contributed by atoms with Crippen molar-refractivity contribution >= 4 is 44.9 Å². The molecule has 46 heavy (non-hydrogen) atoms. The van der Waals surface area contributed by atoms with E-state index in [2.05, 4.69) is 133 Å². The summed E-state index contributed by atoms with van der Waals surface area (Å²) in [6.07, 6.45) is 3.78. The summed E-state index contributed by atoms with van der Waals surface area (Å²) in [4.78, 5) is 9.50. The molecule has 0 radical (unpaired) electrons. The van der Waals surface area contributed by atoms with Crippen LogP contribution in [0.3, 0.4) is 0 Å². The van der Waals surface area contributed by atoms with Crippen LogP contribution in [0, 0.1) is 0 Å². The van der Waals surface area contributed by atoms with Gasteiger partial charge in [0.05, 0.1) is 16.4 Å². The van der Waals surface area contributed by atoms with Gasteiger partial charge >= 0.3 is 0 Å². The lowest BCUT2D eigenvalue weighted by Crippen LogP contribution is -2.59. The highest BCUT2D eigenvalue weighted by molar-refractivity contribution is 7.00. The van der Waals surface area contributed by atoms with E-state index in [1.807, 2.05) is 18.5 Å². The molecule has 2 aliphatic heterocycles. The molecule has 1 atom stereocenters. The number of hydrogen-bond acceptors (Lipinski definition) is 2. The van der Waals surface area contributed by atoms with Crippen LogP contribution < -0.4 is 16.4 Å². The second-order valence-corrected chi connectivity index (χ2v) is 12.8. The molecule has 0 saturated carbocycles. The molecule has 1 aliphatic carbocycles. The van der Waals surface area contributed by atoms with Gasteiger partial charge in [0, 0.05) is 23.2 Å². The van der Waals surface area contributed by atoms with Crippen LogP contribution in [-0.4, -0.2) is 16.7 Å². The Labute approximate surface area is 267 Å². The highest BCUT2D eigenvalue weighted by Crippen LogP contribution is 2.57. The van der Waals surface area contributed by atoms with E-state index in [1.165, 1.54) is 72.0 Å². The van der Waals surface area contributed by atoms with Gasteiger partial charge in [0.15, 0.2) is 0 Å². The van der Waals surface area contributed by atoms with Crippen LogP contribution in [0.1, 0.15) is 22.3 Å². The van der Waals surface area contributed by atoms with Crippen molar-refractivity contribution in [2.75, 3.05) is 0 Å². The molecule has 0 N–H and O–H groups in total. The lowest BCUT2D eigenvalue weighted by Gasteiger charge is -2.42. The smallest absolute Gasteiger partial charge is 0.243 e. The van der Waals surface area contributed by atoms with Crippen LogP contribution in [0.2, 0.25) is 0 Å². The predicted molar refractivity (Wildman–Crippen MR) is 190 cm³/mol. The first kappa shape index (κ1) is 24.5. The summed E-state index contributed by atoms with van der Waals surface area (Å²) in [6, 6.07) is 52.1. The number of benzene rings is 6. The van der Waals surface area contributed by atoms with Gasteiger partial charge in [0.1, 0.15) is 0 Å². The first-order chi connectivity index (χ1) is 22.8. The molecule has 8 aromatic rings. The standard InChI is InChI=1S/C43H25BN2/c1-3-13-34-29(10-1)33-25-27(28-22-24-46-42-32(28)20-18-26-9-8-23-45-41(26)42)19-21-35(33)43(34)36-14-4-6-17-39(36)44-38-16-5-2-11-30(38)31-12-7-15-37(43)40(31)44/h1-25H. The van der Waals surface area contributed by atoms with Crippen molar-refractivity contribution in [2.24, 2.45) is 0 Å². The highest BCUT2D eigenvalue weighted by atomic mass is 14.7. The van der Waals surface area contributed by atoms with E-state index < -0.39 is 5.41 Å². The number of fused-ring (bicyclic) bond motifs is 15. The van der Waals surface area contributed by atoms with Gasteiger partial charge in [-0.2, -0.15) is 0 Å². The lowest BCUT2D eigenvalue weighted by molar-refractivity contribution is 0.775. The molecular formula is C43H25BN2. The average Bonchev–Trinajstić information content (AvgIpc) is 3.62.